The molecule has 1 N–H and O–H groups in total. The van der Waals surface area contributed by atoms with Gasteiger partial charge in [-0.1, -0.05) is 12.1 Å². The molecule has 0 aliphatic carbocycles. The van der Waals surface area contributed by atoms with Gasteiger partial charge in [-0.3, -0.25) is 4.68 Å². The Kier molecular flexibility index (Phi) is 3.21. The maximum Gasteiger partial charge on any atom is 0.247 e. The molecule has 0 atom stereocenters. The lowest BCUT2D eigenvalue weighted by atomic mass is 10.1. The van der Waals surface area contributed by atoms with E-state index in [0.717, 1.165) is 22.5 Å². The highest BCUT2D eigenvalue weighted by molar-refractivity contribution is 5.78. The van der Waals surface area contributed by atoms with Gasteiger partial charge in [-0.15, -0.1) is 5.10 Å². The summed E-state index contributed by atoms with van der Waals surface area (Å²) in [5, 5.41) is 20.6. The summed E-state index contributed by atoms with van der Waals surface area (Å²) in [6.07, 6.45) is 5.42. The smallest absolute Gasteiger partial charge is 0.247 e. The molecule has 0 fully saturated rings. The van der Waals surface area contributed by atoms with Gasteiger partial charge in [0.2, 0.25) is 5.95 Å². The molecule has 0 aliphatic rings. The van der Waals surface area contributed by atoms with Gasteiger partial charge in [-0.05, 0) is 29.8 Å². The van der Waals surface area contributed by atoms with E-state index in [0.29, 0.717) is 11.5 Å². The van der Waals surface area contributed by atoms with Crippen molar-refractivity contribution < 1.29 is 0 Å². The Balaban J connectivity index is 1.75. The SMILES string of the molecule is Cn1cc(Nc2nc3c(-c4ccc(C#N)cc4)cccn3n2)cn1. The van der Waals surface area contributed by atoms with E-state index >= 15 is 0 Å². The van der Waals surface area contributed by atoms with Crippen LogP contribution < -0.4 is 5.32 Å². The zero-order valence-corrected chi connectivity index (χ0v) is 12.9. The van der Waals surface area contributed by atoms with Crippen LogP contribution in [-0.2, 0) is 7.05 Å². The molecule has 0 amide bonds. The largest absolute Gasteiger partial charge is 0.320 e. The van der Waals surface area contributed by atoms with Crippen molar-refractivity contribution in [2.75, 3.05) is 5.32 Å². The van der Waals surface area contributed by atoms with Crippen LogP contribution in [-0.4, -0.2) is 24.4 Å². The zero-order chi connectivity index (χ0) is 16.5. The van der Waals surface area contributed by atoms with Gasteiger partial charge in [0.05, 0.1) is 23.5 Å². The van der Waals surface area contributed by atoms with Gasteiger partial charge in [0.15, 0.2) is 5.65 Å². The van der Waals surface area contributed by atoms with E-state index in [1.165, 1.54) is 0 Å². The third kappa shape index (κ3) is 2.46. The van der Waals surface area contributed by atoms with Crippen LogP contribution >= 0.6 is 0 Å². The lowest BCUT2D eigenvalue weighted by Gasteiger charge is -2.02. The number of hydrogen-bond acceptors (Lipinski definition) is 5. The molecule has 0 radical (unpaired) electrons. The fourth-order valence-corrected chi connectivity index (χ4v) is 2.52. The molecule has 0 spiro atoms. The summed E-state index contributed by atoms with van der Waals surface area (Å²) < 4.78 is 3.44. The number of fused-ring (bicyclic) bond motifs is 1. The highest BCUT2D eigenvalue weighted by Gasteiger charge is 2.10. The van der Waals surface area contributed by atoms with Gasteiger partial charge in [-0.2, -0.15) is 15.3 Å². The minimum absolute atomic E-state index is 0.504. The molecule has 7 nitrogen and oxygen atoms in total. The van der Waals surface area contributed by atoms with Crippen LogP contribution in [0.15, 0.2) is 55.0 Å². The number of nitriles is 1. The number of nitrogens with one attached hydrogen (secondary N) is 1. The highest BCUT2D eigenvalue weighted by Crippen LogP contribution is 2.25. The summed E-state index contributed by atoms with van der Waals surface area (Å²) in [4.78, 5) is 4.57. The van der Waals surface area contributed by atoms with Gasteiger partial charge in [0, 0.05) is 25.0 Å². The highest BCUT2D eigenvalue weighted by atomic mass is 15.4. The summed E-state index contributed by atoms with van der Waals surface area (Å²) in [5.41, 5.74) is 4.14. The summed E-state index contributed by atoms with van der Waals surface area (Å²) in [5.74, 6) is 0.504. The molecule has 24 heavy (non-hydrogen) atoms. The summed E-state index contributed by atoms with van der Waals surface area (Å²) >= 11 is 0. The van der Waals surface area contributed by atoms with Gasteiger partial charge in [0.25, 0.3) is 0 Å². The molecular weight excluding hydrogens is 302 g/mol. The van der Waals surface area contributed by atoms with Crippen molar-refractivity contribution in [1.29, 1.82) is 5.26 Å². The average Bonchev–Trinajstić information content (AvgIpc) is 3.20. The number of benzene rings is 1. The number of rotatable bonds is 3. The molecule has 0 aliphatic heterocycles. The number of anilines is 2. The fourth-order valence-electron chi connectivity index (χ4n) is 2.52. The van der Waals surface area contributed by atoms with Crippen LogP contribution in [0.25, 0.3) is 16.8 Å². The van der Waals surface area contributed by atoms with Crippen LogP contribution in [0, 0.1) is 11.3 Å². The van der Waals surface area contributed by atoms with E-state index in [9.17, 15) is 0 Å². The van der Waals surface area contributed by atoms with Crippen molar-refractivity contribution in [2.24, 2.45) is 7.05 Å². The molecule has 4 rings (SSSR count). The van der Waals surface area contributed by atoms with Crippen molar-refractivity contribution in [3.63, 3.8) is 0 Å². The minimum atomic E-state index is 0.504. The first-order valence-electron chi connectivity index (χ1n) is 7.34. The molecule has 7 heteroatoms. The standard InChI is InChI=1S/C17H13N7/c1-23-11-14(10-19-23)20-17-21-16-15(3-2-8-24(16)22-17)13-6-4-12(9-18)5-7-13/h2-8,10-11H,1H3,(H,20,22). The van der Waals surface area contributed by atoms with Crippen LogP contribution in [0.5, 0.6) is 0 Å². The first-order chi connectivity index (χ1) is 11.7. The maximum atomic E-state index is 8.92. The number of pyridine rings is 1. The molecule has 116 valence electrons. The number of aromatic nitrogens is 5. The van der Waals surface area contributed by atoms with E-state index in [-0.39, 0.29) is 0 Å². The molecule has 1 aromatic carbocycles. The molecular formula is C17H13N7. The summed E-state index contributed by atoms with van der Waals surface area (Å²) in [6.45, 7) is 0. The van der Waals surface area contributed by atoms with Gasteiger partial charge in [0.1, 0.15) is 0 Å². The van der Waals surface area contributed by atoms with E-state index in [1.807, 2.05) is 43.7 Å². The maximum absolute atomic E-state index is 8.92. The summed E-state index contributed by atoms with van der Waals surface area (Å²) in [7, 11) is 1.85. The third-order valence-electron chi connectivity index (χ3n) is 3.65. The number of aryl methyl sites for hydroxylation is 1. The normalized spacial score (nSPS) is 10.7. The van der Waals surface area contributed by atoms with Crippen molar-refractivity contribution in [3.05, 3.63) is 60.6 Å². The Morgan fingerprint density at radius 3 is 2.71 bits per heavy atom. The second kappa shape index (κ2) is 5.52. The van der Waals surface area contributed by atoms with Crippen molar-refractivity contribution in [3.8, 4) is 17.2 Å². The molecule has 3 aromatic heterocycles. The van der Waals surface area contributed by atoms with E-state index < -0.39 is 0 Å². The lowest BCUT2D eigenvalue weighted by Crippen LogP contribution is -1.92. The Labute approximate surface area is 137 Å². The van der Waals surface area contributed by atoms with Crippen LogP contribution in [0.2, 0.25) is 0 Å². The Morgan fingerprint density at radius 1 is 1.17 bits per heavy atom. The number of nitrogens with zero attached hydrogens (tertiary/aromatic N) is 6. The van der Waals surface area contributed by atoms with Gasteiger partial charge < -0.3 is 5.32 Å². The van der Waals surface area contributed by atoms with Crippen LogP contribution in [0.3, 0.4) is 0 Å². The summed E-state index contributed by atoms with van der Waals surface area (Å²) in [6, 6.07) is 13.4. The molecule has 0 saturated heterocycles. The molecule has 3 heterocycles. The topological polar surface area (TPSA) is 83.8 Å². The van der Waals surface area contributed by atoms with E-state index in [1.54, 1.807) is 27.5 Å². The first kappa shape index (κ1) is 14.0. The van der Waals surface area contributed by atoms with Crippen molar-refractivity contribution in [1.82, 2.24) is 24.4 Å². The number of hydrogen-bond donors (Lipinski definition) is 1. The van der Waals surface area contributed by atoms with Gasteiger partial charge >= 0.3 is 0 Å². The van der Waals surface area contributed by atoms with Crippen molar-refractivity contribution in [2.45, 2.75) is 0 Å². The quantitative estimate of drug-likeness (QED) is 0.628. The Bertz CT molecular complexity index is 1050. The van der Waals surface area contributed by atoms with E-state index in [4.69, 9.17) is 5.26 Å². The van der Waals surface area contributed by atoms with E-state index in [2.05, 4.69) is 26.6 Å². The second-order valence-electron chi connectivity index (χ2n) is 5.34. The minimum Gasteiger partial charge on any atom is -0.320 e. The zero-order valence-electron chi connectivity index (χ0n) is 12.9. The molecule has 4 aromatic rings. The average molecular weight is 315 g/mol. The Hall–Kier alpha value is -3.66. The second-order valence-corrected chi connectivity index (χ2v) is 5.34. The molecule has 0 unspecified atom stereocenters. The van der Waals surface area contributed by atoms with Crippen LogP contribution in [0.4, 0.5) is 11.6 Å². The predicted octanol–water partition coefficient (Wildman–Crippen LogP) is 2.75. The molecule has 0 bridgehead atoms. The molecule has 0 saturated carbocycles. The fraction of sp³-hybridized carbons (Fsp3) is 0.0588. The lowest BCUT2D eigenvalue weighted by molar-refractivity contribution is 0.768. The predicted molar refractivity (Wildman–Crippen MR) is 89.6 cm³/mol. The first-order valence-corrected chi connectivity index (χ1v) is 7.34. The van der Waals surface area contributed by atoms with Crippen LogP contribution in [0.1, 0.15) is 5.56 Å². The Morgan fingerprint density at radius 2 is 2.00 bits per heavy atom. The van der Waals surface area contributed by atoms with Crippen molar-refractivity contribution >= 4 is 17.3 Å². The van der Waals surface area contributed by atoms with Gasteiger partial charge in [-0.25, -0.2) is 4.52 Å². The monoisotopic (exact) mass is 315 g/mol. The third-order valence-corrected chi connectivity index (χ3v) is 3.65.